The number of nitrogens with two attached hydrogens (primary N) is 1. The standard InChI is InChI=1S/C14H20N2O4S/c15-12-6-1-2-7-13(12)16-21(19,20)9-10-4-3-5-11(8-10)14(17)18/h3-5,8,12-13,16H,1-2,6-7,9,15H2,(H,17,18). The minimum Gasteiger partial charge on any atom is -0.478 e. The Kier molecular flexibility index (Phi) is 4.97. The van der Waals surface area contributed by atoms with Gasteiger partial charge in [-0.05, 0) is 30.5 Å². The molecule has 0 amide bonds. The van der Waals surface area contributed by atoms with E-state index in [1.165, 1.54) is 12.1 Å². The topological polar surface area (TPSA) is 109 Å². The van der Waals surface area contributed by atoms with Gasteiger partial charge in [-0.25, -0.2) is 17.9 Å². The van der Waals surface area contributed by atoms with Gasteiger partial charge < -0.3 is 10.8 Å². The summed E-state index contributed by atoms with van der Waals surface area (Å²) in [6.45, 7) is 0. The summed E-state index contributed by atoms with van der Waals surface area (Å²) in [6, 6.07) is 5.57. The zero-order valence-corrected chi connectivity index (χ0v) is 12.5. The van der Waals surface area contributed by atoms with Gasteiger partial charge in [0.05, 0.1) is 11.3 Å². The van der Waals surface area contributed by atoms with Crippen LogP contribution in [-0.2, 0) is 15.8 Å². The summed E-state index contributed by atoms with van der Waals surface area (Å²) < 4.78 is 27.0. The zero-order chi connectivity index (χ0) is 15.5. The fourth-order valence-electron chi connectivity index (χ4n) is 2.59. The van der Waals surface area contributed by atoms with Crippen LogP contribution in [0.4, 0.5) is 0 Å². The predicted octanol–water partition coefficient (Wildman–Crippen LogP) is 1.07. The van der Waals surface area contributed by atoms with Gasteiger partial charge in [0, 0.05) is 12.1 Å². The number of hydrogen-bond donors (Lipinski definition) is 3. The van der Waals surface area contributed by atoms with Crippen molar-refractivity contribution < 1.29 is 18.3 Å². The molecule has 1 saturated carbocycles. The van der Waals surface area contributed by atoms with Crippen LogP contribution in [0.2, 0.25) is 0 Å². The van der Waals surface area contributed by atoms with Crippen molar-refractivity contribution in [3.63, 3.8) is 0 Å². The van der Waals surface area contributed by atoms with E-state index in [0.29, 0.717) is 5.56 Å². The van der Waals surface area contributed by atoms with E-state index in [2.05, 4.69) is 4.72 Å². The Morgan fingerprint density at radius 3 is 2.71 bits per heavy atom. The van der Waals surface area contributed by atoms with Gasteiger partial charge >= 0.3 is 5.97 Å². The Morgan fingerprint density at radius 2 is 2.05 bits per heavy atom. The first-order valence-electron chi connectivity index (χ1n) is 6.95. The van der Waals surface area contributed by atoms with Crippen LogP contribution >= 0.6 is 0 Å². The Hall–Kier alpha value is -1.44. The summed E-state index contributed by atoms with van der Waals surface area (Å²) >= 11 is 0. The largest absolute Gasteiger partial charge is 0.478 e. The SMILES string of the molecule is NC1CCCCC1NS(=O)(=O)Cc1cccc(C(=O)O)c1. The normalized spacial score (nSPS) is 22.9. The van der Waals surface area contributed by atoms with Crippen molar-refractivity contribution in [2.45, 2.75) is 43.5 Å². The van der Waals surface area contributed by atoms with Crippen LogP contribution in [0.15, 0.2) is 24.3 Å². The van der Waals surface area contributed by atoms with Gasteiger partial charge in [0.1, 0.15) is 0 Å². The molecule has 0 heterocycles. The van der Waals surface area contributed by atoms with Crippen LogP contribution in [0.1, 0.15) is 41.6 Å². The highest BCUT2D eigenvalue weighted by Gasteiger charge is 2.26. The van der Waals surface area contributed by atoms with Crippen molar-refractivity contribution in [3.8, 4) is 0 Å². The van der Waals surface area contributed by atoms with Gasteiger partial charge in [-0.3, -0.25) is 0 Å². The lowest BCUT2D eigenvalue weighted by Crippen LogP contribution is -2.49. The molecule has 1 fully saturated rings. The maximum Gasteiger partial charge on any atom is 0.335 e. The fraction of sp³-hybridized carbons (Fsp3) is 0.500. The molecule has 0 radical (unpaired) electrons. The molecule has 21 heavy (non-hydrogen) atoms. The molecule has 1 aliphatic rings. The molecule has 2 atom stereocenters. The van der Waals surface area contributed by atoms with Crippen molar-refractivity contribution in [2.75, 3.05) is 0 Å². The number of carboxylic acids is 1. The van der Waals surface area contributed by atoms with Gasteiger partial charge in [0.2, 0.25) is 10.0 Å². The number of sulfonamides is 1. The first-order valence-corrected chi connectivity index (χ1v) is 8.60. The first kappa shape index (κ1) is 15.9. The van der Waals surface area contributed by atoms with E-state index >= 15 is 0 Å². The second-order valence-electron chi connectivity index (χ2n) is 5.44. The van der Waals surface area contributed by atoms with E-state index in [1.807, 2.05) is 0 Å². The van der Waals surface area contributed by atoms with Crippen molar-refractivity contribution in [2.24, 2.45) is 5.73 Å². The van der Waals surface area contributed by atoms with E-state index in [4.69, 9.17) is 10.8 Å². The molecule has 2 unspecified atom stereocenters. The van der Waals surface area contributed by atoms with Crippen molar-refractivity contribution >= 4 is 16.0 Å². The molecule has 1 aromatic carbocycles. The number of hydrogen-bond acceptors (Lipinski definition) is 4. The molecule has 1 aliphatic carbocycles. The molecule has 0 saturated heterocycles. The molecular formula is C14H20N2O4S. The predicted molar refractivity (Wildman–Crippen MR) is 79.4 cm³/mol. The highest BCUT2D eigenvalue weighted by Crippen LogP contribution is 2.18. The number of carboxylic acid groups (broad SMARTS) is 1. The lowest BCUT2D eigenvalue weighted by atomic mass is 9.92. The van der Waals surface area contributed by atoms with Crippen LogP contribution in [0.5, 0.6) is 0 Å². The molecule has 0 aliphatic heterocycles. The van der Waals surface area contributed by atoms with Gasteiger partial charge in [-0.1, -0.05) is 25.0 Å². The fourth-order valence-corrected chi connectivity index (χ4v) is 4.05. The third kappa shape index (κ3) is 4.52. The smallest absolute Gasteiger partial charge is 0.335 e. The molecule has 116 valence electrons. The summed E-state index contributed by atoms with van der Waals surface area (Å²) in [7, 11) is -3.53. The molecule has 1 aromatic rings. The van der Waals surface area contributed by atoms with Crippen LogP contribution in [0.25, 0.3) is 0 Å². The maximum absolute atomic E-state index is 12.2. The van der Waals surface area contributed by atoms with Gasteiger partial charge in [0.25, 0.3) is 0 Å². The quantitative estimate of drug-likeness (QED) is 0.753. The van der Waals surface area contributed by atoms with E-state index in [9.17, 15) is 13.2 Å². The summed E-state index contributed by atoms with van der Waals surface area (Å²) in [5.74, 6) is -1.31. The average Bonchev–Trinajstić information content (AvgIpc) is 2.41. The Morgan fingerprint density at radius 1 is 1.33 bits per heavy atom. The Balaban J connectivity index is 2.06. The van der Waals surface area contributed by atoms with Crippen molar-refractivity contribution in [1.29, 1.82) is 0 Å². The highest BCUT2D eigenvalue weighted by atomic mass is 32.2. The number of nitrogens with one attached hydrogen (secondary N) is 1. The maximum atomic E-state index is 12.2. The summed E-state index contributed by atoms with van der Waals surface area (Å²) in [4.78, 5) is 10.9. The van der Waals surface area contributed by atoms with Gasteiger partial charge in [-0.2, -0.15) is 0 Å². The van der Waals surface area contributed by atoms with Crippen LogP contribution in [0, 0.1) is 0 Å². The Labute approximate surface area is 124 Å². The van der Waals surface area contributed by atoms with Crippen molar-refractivity contribution in [3.05, 3.63) is 35.4 Å². The Bertz CT molecular complexity index is 615. The van der Waals surface area contributed by atoms with E-state index in [-0.39, 0.29) is 23.4 Å². The van der Waals surface area contributed by atoms with E-state index in [0.717, 1.165) is 25.7 Å². The van der Waals surface area contributed by atoms with Gasteiger partial charge in [0.15, 0.2) is 0 Å². The molecule has 0 spiro atoms. The molecule has 0 bridgehead atoms. The molecular weight excluding hydrogens is 292 g/mol. The summed E-state index contributed by atoms with van der Waals surface area (Å²) in [5, 5.41) is 8.92. The third-order valence-electron chi connectivity index (χ3n) is 3.68. The van der Waals surface area contributed by atoms with E-state index in [1.54, 1.807) is 12.1 Å². The monoisotopic (exact) mass is 312 g/mol. The van der Waals surface area contributed by atoms with Crippen molar-refractivity contribution in [1.82, 2.24) is 4.72 Å². The van der Waals surface area contributed by atoms with Crippen LogP contribution in [0.3, 0.4) is 0 Å². The number of carbonyl (C=O) groups is 1. The number of aromatic carboxylic acids is 1. The summed E-state index contributed by atoms with van der Waals surface area (Å²) in [5.41, 5.74) is 6.47. The summed E-state index contributed by atoms with van der Waals surface area (Å²) in [6.07, 6.45) is 3.56. The first-order chi connectivity index (χ1) is 9.87. The van der Waals surface area contributed by atoms with Crippen LogP contribution < -0.4 is 10.5 Å². The lowest BCUT2D eigenvalue weighted by Gasteiger charge is -2.29. The molecule has 4 N–H and O–H groups in total. The van der Waals surface area contributed by atoms with E-state index < -0.39 is 16.0 Å². The molecule has 0 aromatic heterocycles. The second-order valence-corrected chi connectivity index (χ2v) is 7.19. The lowest BCUT2D eigenvalue weighted by molar-refractivity contribution is 0.0696. The average molecular weight is 312 g/mol. The highest BCUT2D eigenvalue weighted by molar-refractivity contribution is 7.88. The molecule has 2 rings (SSSR count). The third-order valence-corrected chi connectivity index (χ3v) is 5.06. The molecule has 7 heteroatoms. The zero-order valence-electron chi connectivity index (χ0n) is 11.7. The number of rotatable bonds is 5. The minimum absolute atomic E-state index is 0.0806. The molecule has 6 nitrogen and oxygen atoms in total. The second kappa shape index (κ2) is 6.55. The van der Waals surface area contributed by atoms with Gasteiger partial charge in [-0.15, -0.1) is 0 Å². The van der Waals surface area contributed by atoms with Crippen LogP contribution in [-0.4, -0.2) is 31.6 Å². The minimum atomic E-state index is -3.53. The number of benzene rings is 1.